The molecule has 0 saturated heterocycles. The van der Waals surface area contributed by atoms with Crippen molar-refractivity contribution in [3.05, 3.63) is 76.2 Å². The van der Waals surface area contributed by atoms with Crippen molar-refractivity contribution in [2.45, 2.75) is 40.0 Å². The Morgan fingerprint density at radius 1 is 1.00 bits per heavy atom. The van der Waals surface area contributed by atoms with Crippen LogP contribution in [0.15, 0.2) is 59.4 Å². The highest BCUT2D eigenvalue weighted by atomic mass is 16.5. The minimum Gasteiger partial charge on any atom is -0.448 e. The Kier molecular flexibility index (Phi) is 6.61. The largest absolute Gasteiger partial charge is 0.448 e. The van der Waals surface area contributed by atoms with E-state index in [1.165, 1.54) is 11.6 Å². The van der Waals surface area contributed by atoms with Gasteiger partial charge in [-0.3, -0.25) is 9.59 Å². The van der Waals surface area contributed by atoms with E-state index < -0.39 is 18.0 Å². The van der Waals surface area contributed by atoms with Crippen molar-refractivity contribution in [2.75, 3.05) is 0 Å². The fraction of sp³-hybridized carbons (Fsp3) is 0.304. The van der Waals surface area contributed by atoms with Crippen LogP contribution in [-0.2, 0) is 22.6 Å². The molecule has 0 unspecified atom stereocenters. The highest BCUT2D eigenvalue weighted by molar-refractivity contribution is 6.02. The molecule has 7 heteroatoms. The summed E-state index contributed by atoms with van der Waals surface area (Å²) in [6.45, 7) is 6.13. The zero-order valence-electron chi connectivity index (χ0n) is 17.3. The van der Waals surface area contributed by atoms with Crippen molar-refractivity contribution in [3.8, 4) is 0 Å². The predicted molar refractivity (Wildman–Crippen MR) is 114 cm³/mol. The number of nitrogens with one attached hydrogen (secondary N) is 1. The summed E-state index contributed by atoms with van der Waals surface area (Å²) < 4.78 is 6.65. The number of hydrogen-bond donors (Lipinski definition) is 1. The first-order valence-corrected chi connectivity index (χ1v) is 9.89. The number of nitrogens with zero attached hydrogens (tertiary/aromatic N) is 2. The second-order valence-electron chi connectivity index (χ2n) is 7.53. The third-order valence-corrected chi connectivity index (χ3v) is 4.56. The van der Waals surface area contributed by atoms with E-state index in [1.807, 2.05) is 44.2 Å². The van der Waals surface area contributed by atoms with Crippen LogP contribution in [-0.4, -0.2) is 27.8 Å². The number of rotatable bonds is 7. The lowest BCUT2D eigenvalue weighted by molar-refractivity contribution is -0.129. The molecular formula is C23H25N3O4. The van der Waals surface area contributed by atoms with Crippen LogP contribution in [0.5, 0.6) is 0 Å². The Balaban J connectivity index is 1.79. The van der Waals surface area contributed by atoms with Gasteiger partial charge in [-0.15, -0.1) is 0 Å². The molecule has 0 radical (unpaired) electrons. The Hall–Kier alpha value is -3.48. The van der Waals surface area contributed by atoms with E-state index in [0.717, 1.165) is 5.56 Å². The van der Waals surface area contributed by atoms with Crippen LogP contribution in [0.1, 0.15) is 36.8 Å². The molecule has 0 aliphatic carbocycles. The first-order chi connectivity index (χ1) is 14.4. The molecule has 3 rings (SSSR count). The molecule has 0 aliphatic heterocycles. The van der Waals surface area contributed by atoms with Gasteiger partial charge in [-0.05, 0) is 24.5 Å². The fourth-order valence-corrected chi connectivity index (χ4v) is 3.05. The maximum atomic E-state index is 12.8. The van der Waals surface area contributed by atoms with Gasteiger partial charge in [0.25, 0.3) is 11.5 Å². The smallest absolute Gasteiger partial charge is 0.360 e. The molecule has 1 N–H and O–H groups in total. The Morgan fingerprint density at radius 3 is 2.30 bits per heavy atom. The van der Waals surface area contributed by atoms with Gasteiger partial charge in [0.1, 0.15) is 0 Å². The maximum absolute atomic E-state index is 12.8. The van der Waals surface area contributed by atoms with Gasteiger partial charge < -0.3 is 10.1 Å². The van der Waals surface area contributed by atoms with Gasteiger partial charge in [0.15, 0.2) is 11.8 Å². The van der Waals surface area contributed by atoms with Crippen molar-refractivity contribution in [2.24, 2.45) is 5.92 Å². The minimum absolute atomic E-state index is 0.0218. The predicted octanol–water partition coefficient (Wildman–Crippen LogP) is 2.91. The molecule has 0 saturated carbocycles. The molecule has 1 heterocycles. The fourth-order valence-electron chi connectivity index (χ4n) is 3.05. The molecular weight excluding hydrogens is 382 g/mol. The molecule has 2 aromatic carbocycles. The van der Waals surface area contributed by atoms with Gasteiger partial charge in [-0.2, -0.15) is 5.10 Å². The lowest BCUT2D eigenvalue weighted by Crippen LogP contribution is -2.36. The van der Waals surface area contributed by atoms with Crippen molar-refractivity contribution >= 4 is 22.6 Å². The Morgan fingerprint density at radius 2 is 1.63 bits per heavy atom. The number of ether oxygens (including phenoxy) is 1. The number of carbonyl (C=O) groups excluding carboxylic acids is 2. The molecule has 156 valence electrons. The van der Waals surface area contributed by atoms with Crippen LogP contribution in [0.3, 0.4) is 0 Å². The molecule has 0 spiro atoms. The van der Waals surface area contributed by atoms with Gasteiger partial charge in [0.2, 0.25) is 0 Å². The van der Waals surface area contributed by atoms with Gasteiger partial charge in [-0.25, -0.2) is 9.48 Å². The van der Waals surface area contributed by atoms with Crippen LogP contribution >= 0.6 is 0 Å². The Labute approximate surface area is 174 Å². The van der Waals surface area contributed by atoms with Crippen LogP contribution in [0.25, 0.3) is 10.8 Å². The summed E-state index contributed by atoms with van der Waals surface area (Å²) in [6, 6.07) is 16.2. The van der Waals surface area contributed by atoms with Crippen LogP contribution in [0, 0.1) is 5.92 Å². The summed E-state index contributed by atoms with van der Waals surface area (Å²) in [5, 5.41) is 7.79. The molecule has 0 bridgehead atoms. The molecule has 0 fully saturated rings. The van der Waals surface area contributed by atoms with Crippen molar-refractivity contribution in [3.63, 3.8) is 0 Å². The number of esters is 1. The van der Waals surface area contributed by atoms with Crippen LogP contribution in [0.2, 0.25) is 0 Å². The highest BCUT2D eigenvalue weighted by Crippen LogP contribution is 2.15. The van der Waals surface area contributed by atoms with Crippen LogP contribution < -0.4 is 10.9 Å². The average molecular weight is 407 g/mol. The third-order valence-electron chi connectivity index (χ3n) is 4.56. The van der Waals surface area contributed by atoms with Gasteiger partial charge in [0, 0.05) is 18.5 Å². The number of amides is 1. The van der Waals surface area contributed by atoms with E-state index in [4.69, 9.17) is 4.74 Å². The summed E-state index contributed by atoms with van der Waals surface area (Å²) in [7, 11) is 0. The number of hydrogen-bond acceptors (Lipinski definition) is 5. The number of benzene rings is 2. The van der Waals surface area contributed by atoms with Gasteiger partial charge in [-0.1, -0.05) is 62.4 Å². The monoisotopic (exact) mass is 407 g/mol. The number of aromatic nitrogens is 2. The quantitative estimate of drug-likeness (QED) is 0.608. The first-order valence-electron chi connectivity index (χ1n) is 9.89. The van der Waals surface area contributed by atoms with E-state index in [9.17, 15) is 14.4 Å². The summed E-state index contributed by atoms with van der Waals surface area (Å²) in [6.07, 6.45) is -1.01. The zero-order valence-corrected chi connectivity index (χ0v) is 17.3. The van der Waals surface area contributed by atoms with Crippen molar-refractivity contribution in [1.29, 1.82) is 0 Å². The molecule has 7 nitrogen and oxygen atoms in total. The van der Waals surface area contributed by atoms with Crippen molar-refractivity contribution in [1.82, 2.24) is 15.1 Å². The highest BCUT2D eigenvalue weighted by Gasteiger charge is 2.23. The molecule has 3 aromatic rings. The number of fused-ring (bicyclic) bond motifs is 1. The molecule has 1 amide bonds. The normalized spacial score (nSPS) is 12.0. The molecule has 30 heavy (non-hydrogen) atoms. The summed E-state index contributed by atoms with van der Waals surface area (Å²) in [5.41, 5.74) is 0.705. The van der Waals surface area contributed by atoms with E-state index in [2.05, 4.69) is 10.4 Å². The topological polar surface area (TPSA) is 90.3 Å². The zero-order chi connectivity index (χ0) is 21.7. The molecule has 0 aliphatic rings. The second kappa shape index (κ2) is 9.35. The summed E-state index contributed by atoms with van der Waals surface area (Å²) >= 11 is 0. The molecule has 1 atom stereocenters. The van der Waals surface area contributed by atoms with E-state index in [-0.39, 0.29) is 17.2 Å². The number of carbonyl (C=O) groups is 2. The lowest BCUT2D eigenvalue weighted by Gasteiger charge is -2.15. The standard InChI is InChI=1S/C23H25N3O4/c1-15(2)14-26-22(28)19-12-8-7-11-18(19)20(25-26)23(29)30-16(3)21(27)24-13-17-9-5-4-6-10-17/h4-12,15-16H,13-14H2,1-3H3,(H,24,27)/t16-/m0/s1. The minimum atomic E-state index is -1.01. The Bertz CT molecular complexity index is 1110. The SMILES string of the molecule is CC(C)Cn1nc(C(=O)O[C@@H](C)C(=O)NCc2ccccc2)c2ccccc2c1=O. The van der Waals surface area contributed by atoms with Gasteiger partial charge in [0.05, 0.1) is 5.39 Å². The molecule has 1 aromatic heterocycles. The maximum Gasteiger partial charge on any atom is 0.360 e. The first kappa shape index (κ1) is 21.2. The second-order valence-corrected chi connectivity index (χ2v) is 7.53. The van der Waals surface area contributed by atoms with E-state index in [1.54, 1.807) is 24.3 Å². The van der Waals surface area contributed by atoms with E-state index in [0.29, 0.717) is 23.9 Å². The lowest BCUT2D eigenvalue weighted by atomic mass is 10.1. The average Bonchev–Trinajstić information content (AvgIpc) is 2.74. The van der Waals surface area contributed by atoms with Gasteiger partial charge >= 0.3 is 5.97 Å². The van der Waals surface area contributed by atoms with E-state index >= 15 is 0 Å². The summed E-state index contributed by atoms with van der Waals surface area (Å²) in [4.78, 5) is 37.8. The summed E-state index contributed by atoms with van der Waals surface area (Å²) in [5.74, 6) is -0.985. The van der Waals surface area contributed by atoms with Crippen molar-refractivity contribution < 1.29 is 14.3 Å². The third kappa shape index (κ3) is 4.92. The van der Waals surface area contributed by atoms with Crippen LogP contribution in [0.4, 0.5) is 0 Å².